The number of carboxylic acid groups (broad SMARTS) is 1. The van der Waals surface area contributed by atoms with Gasteiger partial charge in [-0.1, -0.05) is 42.5 Å². The predicted molar refractivity (Wildman–Crippen MR) is 109 cm³/mol. The Labute approximate surface area is 166 Å². The van der Waals surface area contributed by atoms with Crippen LogP contribution < -0.4 is 0 Å². The molecule has 28 heavy (non-hydrogen) atoms. The molecule has 0 unspecified atom stereocenters. The summed E-state index contributed by atoms with van der Waals surface area (Å²) in [6.45, 7) is 4.45. The third kappa shape index (κ3) is 4.44. The van der Waals surface area contributed by atoms with Crippen molar-refractivity contribution < 1.29 is 19.0 Å². The van der Waals surface area contributed by atoms with Gasteiger partial charge in [-0.3, -0.25) is 4.79 Å². The molecule has 1 aliphatic carbocycles. The second-order valence-electron chi connectivity index (χ2n) is 7.85. The van der Waals surface area contributed by atoms with E-state index in [4.69, 9.17) is 9.84 Å². The van der Waals surface area contributed by atoms with Crippen LogP contribution in [0.1, 0.15) is 44.1 Å². The minimum Gasteiger partial charge on any atom is -0.481 e. The van der Waals surface area contributed by atoms with Crippen LogP contribution in [0.2, 0.25) is 0 Å². The highest BCUT2D eigenvalue weighted by Crippen LogP contribution is 2.57. The Balaban J connectivity index is 1.77. The highest BCUT2D eigenvalue weighted by atomic mass is 19.1. The van der Waals surface area contributed by atoms with Gasteiger partial charge < -0.3 is 9.84 Å². The molecule has 4 atom stereocenters. The molecule has 150 valence electrons. The van der Waals surface area contributed by atoms with Gasteiger partial charge in [-0.15, -0.1) is 6.58 Å². The normalized spacial score (nSPS) is 29.1. The van der Waals surface area contributed by atoms with Crippen LogP contribution >= 0.6 is 0 Å². The first-order valence-electron chi connectivity index (χ1n) is 10.1. The molecule has 1 N–H and O–H groups in total. The van der Waals surface area contributed by atoms with E-state index in [1.165, 1.54) is 12.1 Å². The third-order valence-electron chi connectivity index (χ3n) is 6.12. The first kappa shape index (κ1) is 20.5. The molecule has 1 saturated heterocycles. The van der Waals surface area contributed by atoms with Crippen LogP contribution in [0.25, 0.3) is 0 Å². The smallest absolute Gasteiger partial charge is 0.303 e. The van der Waals surface area contributed by atoms with Crippen LogP contribution in [-0.4, -0.2) is 23.8 Å². The van der Waals surface area contributed by atoms with E-state index in [-0.39, 0.29) is 23.8 Å². The number of ether oxygens (including phenoxy) is 1. The maximum absolute atomic E-state index is 13.5. The molecular formula is C24H29FO3. The molecule has 0 aromatic heterocycles. The highest BCUT2D eigenvalue weighted by Gasteiger charge is 2.58. The maximum Gasteiger partial charge on any atom is 0.303 e. The molecule has 3 nitrogen and oxygen atoms in total. The van der Waals surface area contributed by atoms with Crippen molar-refractivity contribution in [3.05, 3.63) is 72.6 Å². The van der Waals surface area contributed by atoms with Gasteiger partial charge in [-0.2, -0.15) is 0 Å². The average Bonchev–Trinajstić information content (AvgIpc) is 3.23. The molecule has 0 amide bonds. The van der Waals surface area contributed by atoms with E-state index in [2.05, 4.69) is 30.9 Å². The van der Waals surface area contributed by atoms with Gasteiger partial charge in [0.1, 0.15) is 5.82 Å². The second kappa shape index (κ2) is 9.33. The van der Waals surface area contributed by atoms with Crippen LogP contribution in [0.5, 0.6) is 0 Å². The van der Waals surface area contributed by atoms with E-state index in [9.17, 15) is 9.18 Å². The molecule has 3 rings (SSSR count). The summed E-state index contributed by atoms with van der Waals surface area (Å²) in [5.74, 6) is -0.261. The molecule has 1 aromatic rings. The molecule has 0 spiro atoms. The average molecular weight is 384 g/mol. The third-order valence-corrected chi connectivity index (χ3v) is 6.12. The number of hydrogen-bond donors (Lipinski definition) is 1. The molecule has 1 heterocycles. The van der Waals surface area contributed by atoms with Crippen LogP contribution in [0.15, 0.2) is 61.2 Å². The molecular weight excluding hydrogens is 355 g/mol. The summed E-state index contributed by atoms with van der Waals surface area (Å²) in [6.07, 6.45) is 15.1. The van der Waals surface area contributed by atoms with Crippen LogP contribution in [0.3, 0.4) is 0 Å². The van der Waals surface area contributed by atoms with Crippen LogP contribution in [0, 0.1) is 17.7 Å². The second-order valence-corrected chi connectivity index (χ2v) is 7.85. The first-order valence-corrected chi connectivity index (χ1v) is 10.1. The molecule has 1 aromatic carbocycles. The van der Waals surface area contributed by atoms with Crippen molar-refractivity contribution in [2.45, 2.75) is 50.0 Å². The fourth-order valence-corrected chi connectivity index (χ4v) is 4.77. The van der Waals surface area contributed by atoms with E-state index < -0.39 is 5.97 Å². The molecule has 2 aliphatic rings. The first-order chi connectivity index (χ1) is 13.6. The molecule has 0 radical (unpaired) electrons. The fraction of sp³-hybridized carbons (Fsp3) is 0.458. The number of rotatable bonds is 10. The molecule has 1 saturated carbocycles. The minimum atomic E-state index is -0.749. The summed E-state index contributed by atoms with van der Waals surface area (Å²) in [7, 11) is 0. The van der Waals surface area contributed by atoms with Crippen molar-refractivity contribution in [2.75, 3.05) is 6.61 Å². The van der Waals surface area contributed by atoms with E-state index in [0.717, 1.165) is 31.2 Å². The molecule has 2 bridgehead atoms. The lowest BCUT2D eigenvalue weighted by molar-refractivity contribution is -0.137. The van der Waals surface area contributed by atoms with Crippen molar-refractivity contribution in [3.8, 4) is 0 Å². The van der Waals surface area contributed by atoms with Crippen molar-refractivity contribution in [1.29, 1.82) is 0 Å². The largest absolute Gasteiger partial charge is 0.481 e. The fourth-order valence-electron chi connectivity index (χ4n) is 4.77. The van der Waals surface area contributed by atoms with Crippen molar-refractivity contribution in [2.24, 2.45) is 11.8 Å². The van der Waals surface area contributed by atoms with E-state index in [1.807, 2.05) is 18.2 Å². The van der Waals surface area contributed by atoms with Crippen molar-refractivity contribution in [1.82, 2.24) is 0 Å². The van der Waals surface area contributed by atoms with Crippen LogP contribution in [-0.2, 0) is 14.9 Å². The summed E-state index contributed by atoms with van der Waals surface area (Å²) >= 11 is 0. The Morgan fingerprint density at radius 2 is 2.07 bits per heavy atom. The number of carboxylic acids is 1. The number of halogens is 1. The summed E-state index contributed by atoms with van der Waals surface area (Å²) in [5, 5.41) is 8.75. The summed E-state index contributed by atoms with van der Waals surface area (Å²) in [6, 6.07) is 6.88. The van der Waals surface area contributed by atoms with Gasteiger partial charge in [0.05, 0.1) is 12.7 Å². The SMILES string of the molecule is C=CC/C=C/[C@@H]1[C@@H]2C[C@@](c3ccc(F)cc3)(CO2)[C@H]1C/C=C\CCCC(=O)O. The number of benzene rings is 1. The Morgan fingerprint density at radius 1 is 1.29 bits per heavy atom. The number of unbranched alkanes of at least 4 members (excludes halogenated alkanes) is 1. The number of hydrogen-bond acceptors (Lipinski definition) is 2. The Morgan fingerprint density at radius 3 is 2.79 bits per heavy atom. The summed E-state index contributed by atoms with van der Waals surface area (Å²) < 4.78 is 19.6. The predicted octanol–water partition coefficient (Wildman–Crippen LogP) is 5.43. The van der Waals surface area contributed by atoms with Crippen LogP contribution in [0.4, 0.5) is 4.39 Å². The standard InChI is InChI=1S/C24H29FO3/c1-2-3-6-9-20-21(10-7-4-5-8-11-23(26)27)24(16-22(20)28-17-24)18-12-14-19(25)15-13-18/h2,4,6-7,9,12-15,20-22H,1,3,5,8,10-11,16-17H2,(H,26,27)/b7-4-,9-6+/t20-,21-,22-,24-/m0/s1. The topological polar surface area (TPSA) is 46.5 Å². The van der Waals surface area contributed by atoms with Gasteiger partial charge in [0.2, 0.25) is 0 Å². The van der Waals surface area contributed by atoms with E-state index in [0.29, 0.717) is 24.9 Å². The Hall–Kier alpha value is -2.20. The maximum atomic E-state index is 13.5. The van der Waals surface area contributed by atoms with E-state index in [1.54, 1.807) is 0 Å². The Bertz CT molecular complexity index is 737. The van der Waals surface area contributed by atoms with Crippen molar-refractivity contribution >= 4 is 5.97 Å². The number of aliphatic carboxylic acids is 1. The van der Waals surface area contributed by atoms with Gasteiger partial charge >= 0.3 is 5.97 Å². The number of fused-ring (bicyclic) bond motifs is 2. The number of allylic oxidation sites excluding steroid dienone is 4. The summed E-state index contributed by atoms with van der Waals surface area (Å²) in [5.41, 5.74) is 1.06. The minimum absolute atomic E-state index is 0.0903. The molecule has 4 heteroatoms. The summed E-state index contributed by atoms with van der Waals surface area (Å²) in [4.78, 5) is 10.6. The quantitative estimate of drug-likeness (QED) is 0.432. The number of carbonyl (C=O) groups is 1. The van der Waals surface area contributed by atoms with Gasteiger partial charge in [0.25, 0.3) is 0 Å². The lowest BCUT2D eigenvalue weighted by Gasteiger charge is -2.38. The highest BCUT2D eigenvalue weighted by molar-refractivity contribution is 5.66. The van der Waals surface area contributed by atoms with E-state index >= 15 is 0 Å². The van der Waals surface area contributed by atoms with Gasteiger partial charge in [-0.05, 0) is 55.7 Å². The van der Waals surface area contributed by atoms with Gasteiger partial charge in [-0.25, -0.2) is 4.39 Å². The van der Waals surface area contributed by atoms with Gasteiger partial charge in [0.15, 0.2) is 0 Å². The van der Waals surface area contributed by atoms with Crippen molar-refractivity contribution in [3.63, 3.8) is 0 Å². The van der Waals surface area contributed by atoms with Gasteiger partial charge in [0, 0.05) is 17.8 Å². The monoisotopic (exact) mass is 384 g/mol. The molecule has 1 aliphatic heterocycles. The zero-order valence-electron chi connectivity index (χ0n) is 16.2. The Kier molecular flexibility index (Phi) is 6.84. The lowest BCUT2D eigenvalue weighted by Crippen LogP contribution is -2.39. The zero-order valence-corrected chi connectivity index (χ0v) is 16.2. The molecule has 2 fully saturated rings. The zero-order chi connectivity index (χ0) is 20.0. The lowest BCUT2D eigenvalue weighted by atomic mass is 9.69.